The van der Waals surface area contributed by atoms with Crippen molar-refractivity contribution in [3.63, 3.8) is 0 Å². The minimum absolute atomic E-state index is 0.565. The zero-order chi connectivity index (χ0) is 6.78. The lowest BCUT2D eigenvalue weighted by molar-refractivity contribution is -0.892. The highest BCUT2D eigenvalue weighted by atomic mass is 15.3. The molecule has 0 fully saturated rings. The van der Waals surface area contributed by atoms with Gasteiger partial charge in [0.1, 0.15) is 0 Å². The maximum absolute atomic E-state index is 5.44. The van der Waals surface area contributed by atoms with Crippen molar-refractivity contribution in [3.05, 3.63) is 0 Å². The molecule has 0 rings (SSSR count). The van der Waals surface area contributed by atoms with Crippen LogP contribution in [0.1, 0.15) is 6.92 Å². The van der Waals surface area contributed by atoms with Gasteiger partial charge in [-0.3, -0.25) is 0 Å². The molecule has 0 amide bonds. The van der Waals surface area contributed by atoms with Crippen LogP contribution in [0.2, 0.25) is 0 Å². The van der Waals surface area contributed by atoms with Crippen LogP contribution in [0, 0.1) is 0 Å². The summed E-state index contributed by atoms with van der Waals surface area (Å²) in [4.78, 5) is 0. The Balaban J connectivity index is 3.62. The second kappa shape index (κ2) is 2.46. The molecule has 1 atom stereocenters. The summed E-state index contributed by atoms with van der Waals surface area (Å²) in [5.74, 6) is 0. The average molecular weight is 117 g/mol. The molecule has 2 N–H and O–H groups in total. The summed E-state index contributed by atoms with van der Waals surface area (Å²) < 4.78 is 0.955. The van der Waals surface area contributed by atoms with Gasteiger partial charge >= 0.3 is 0 Å². The Morgan fingerprint density at radius 1 is 1.38 bits per heavy atom. The molecule has 0 bridgehead atoms. The lowest BCUT2D eigenvalue weighted by Gasteiger charge is -2.30. The van der Waals surface area contributed by atoms with E-state index < -0.39 is 0 Å². The van der Waals surface area contributed by atoms with Crippen LogP contribution in [0.4, 0.5) is 0 Å². The number of likely N-dealkylation sites (N-methyl/N-ethyl adjacent to an activating group) is 1. The summed E-state index contributed by atoms with van der Waals surface area (Å²) in [7, 11) is 6.45. The van der Waals surface area contributed by atoms with E-state index in [-0.39, 0.29) is 0 Å². The highest BCUT2D eigenvalue weighted by Crippen LogP contribution is 1.97. The van der Waals surface area contributed by atoms with Gasteiger partial charge in [0.15, 0.2) is 0 Å². The van der Waals surface area contributed by atoms with E-state index in [1.54, 1.807) is 0 Å². The third-order valence-electron chi connectivity index (χ3n) is 1.66. The number of rotatable bonds is 2. The zero-order valence-electron chi connectivity index (χ0n) is 6.31. The van der Waals surface area contributed by atoms with Crippen molar-refractivity contribution in [2.24, 2.45) is 5.73 Å². The summed E-state index contributed by atoms with van der Waals surface area (Å²) in [5, 5.41) is 0. The van der Waals surface area contributed by atoms with E-state index >= 15 is 0 Å². The fourth-order valence-corrected chi connectivity index (χ4v) is 0.316. The zero-order valence-corrected chi connectivity index (χ0v) is 6.31. The first-order valence-corrected chi connectivity index (χ1v) is 2.99. The normalized spacial score (nSPS) is 16.1. The quantitative estimate of drug-likeness (QED) is 0.508. The minimum atomic E-state index is 0.565. The van der Waals surface area contributed by atoms with Crippen LogP contribution in [-0.2, 0) is 0 Å². The standard InChI is InChI=1S/C6H17N2/c1-6(5-7)8(2,3)4/h6H,5,7H2,1-4H3/q+1. The Morgan fingerprint density at radius 2 is 1.75 bits per heavy atom. The molecule has 2 nitrogen and oxygen atoms in total. The van der Waals surface area contributed by atoms with E-state index in [9.17, 15) is 0 Å². The van der Waals surface area contributed by atoms with Crippen molar-refractivity contribution in [1.82, 2.24) is 0 Å². The van der Waals surface area contributed by atoms with E-state index in [1.807, 2.05) is 0 Å². The third-order valence-corrected chi connectivity index (χ3v) is 1.66. The molecule has 0 saturated carbocycles. The van der Waals surface area contributed by atoms with Gasteiger partial charge < -0.3 is 10.2 Å². The van der Waals surface area contributed by atoms with Crippen molar-refractivity contribution in [2.75, 3.05) is 27.7 Å². The van der Waals surface area contributed by atoms with Gasteiger partial charge in [0.2, 0.25) is 0 Å². The Labute approximate surface area is 51.9 Å². The van der Waals surface area contributed by atoms with E-state index in [4.69, 9.17) is 5.73 Å². The molecule has 8 heavy (non-hydrogen) atoms. The van der Waals surface area contributed by atoms with Crippen LogP contribution in [-0.4, -0.2) is 38.2 Å². The molecule has 0 aliphatic heterocycles. The molecule has 0 aromatic carbocycles. The highest BCUT2D eigenvalue weighted by molar-refractivity contribution is 4.46. The summed E-state index contributed by atoms with van der Waals surface area (Å²) in [5.41, 5.74) is 5.44. The topological polar surface area (TPSA) is 26.0 Å². The first-order chi connectivity index (χ1) is 3.48. The Morgan fingerprint density at radius 3 is 1.75 bits per heavy atom. The molecule has 0 aromatic heterocycles. The fourth-order valence-electron chi connectivity index (χ4n) is 0.316. The van der Waals surface area contributed by atoms with Crippen molar-refractivity contribution in [2.45, 2.75) is 13.0 Å². The van der Waals surface area contributed by atoms with Crippen molar-refractivity contribution in [3.8, 4) is 0 Å². The molecule has 0 saturated heterocycles. The second-order valence-corrected chi connectivity index (χ2v) is 3.20. The predicted octanol–water partition coefficient (Wildman–Crippen LogP) is 0.0398. The van der Waals surface area contributed by atoms with Gasteiger partial charge in [-0.05, 0) is 6.92 Å². The van der Waals surface area contributed by atoms with Gasteiger partial charge in [-0.1, -0.05) is 0 Å². The van der Waals surface area contributed by atoms with E-state index in [0.717, 1.165) is 11.0 Å². The number of nitrogens with two attached hydrogens (primary N) is 1. The largest absolute Gasteiger partial charge is 0.328 e. The maximum atomic E-state index is 5.44. The van der Waals surface area contributed by atoms with Crippen molar-refractivity contribution in [1.29, 1.82) is 0 Å². The van der Waals surface area contributed by atoms with Gasteiger partial charge in [0, 0.05) is 6.54 Å². The number of hydrogen-bond donors (Lipinski definition) is 1. The summed E-state index contributed by atoms with van der Waals surface area (Å²) >= 11 is 0. The Hall–Kier alpha value is -0.0800. The van der Waals surface area contributed by atoms with Crippen LogP contribution in [0.3, 0.4) is 0 Å². The first-order valence-electron chi connectivity index (χ1n) is 2.99. The van der Waals surface area contributed by atoms with E-state index in [1.165, 1.54) is 0 Å². The fraction of sp³-hybridized carbons (Fsp3) is 1.00. The second-order valence-electron chi connectivity index (χ2n) is 3.20. The minimum Gasteiger partial charge on any atom is -0.328 e. The molecule has 1 unspecified atom stereocenters. The number of quaternary nitrogens is 1. The van der Waals surface area contributed by atoms with E-state index in [2.05, 4.69) is 28.1 Å². The molecular formula is C6H17N2+. The Kier molecular flexibility index (Phi) is 2.44. The van der Waals surface area contributed by atoms with Crippen molar-refractivity contribution < 1.29 is 4.48 Å². The molecule has 2 heteroatoms. The van der Waals surface area contributed by atoms with Gasteiger partial charge in [-0.2, -0.15) is 0 Å². The molecule has 0 spiro atoms. The summed E-state index contributed by atoms with van der Waals surface area (Å²) in [6.07, 6.45) is 0. The maximum Gasteiger partial charge on any atom is 0.0979 e. The summed E-state index contributed by atoms with van der Waals surface area (Å²) in [6.45, 7) is 2.92. The molecule has 0 aliphatic carbocycles. The molecule has 50 valence electrons. The van der Waals surface area contributed by atoms with Crippen LogP contribution in [0.15, 0.2) is 0 Å². The third kappa shape index (κ3) is 2.28. The molecule has 0 aliphatic rings. The van der Waals surface area contributed by atoms with Crippen LogP contribution in [0.25, 0.3) is 0 Å². The number of hydrogen-bond acceptors (Lipinski definition) is 1. The van der Waals surface area contributed by atoms with Gasteiger partial charge in [0.05, 0.1) is 27.2 Å². The molecule has 0 aromatic rings. The Bertz CT molecular complexity index is 63.4. The molecule has 0 heterocycles. The predicted molar refractivity (Wildman–Crippen MR) is 36.5 cm³/mol. The number of nitrogens with zero attached hydrogens (tertiary/aromatic N) is 1. The first kappa shape index (κ1) is 7.92. The average Bonchev–Trinajstić information content (AvgIpc) is 1.62. The van der Waals surface area contributed by atoms with Gasteiger partial charge in [-0.15, -0.1) is 0 Å². The lowest BCUT2D eigenvalue weighted by atomic mass is 10.3. The molecule has 0 radical (unpaired) electrons. The summed E-state index contributed by atoms with van der Waals surface area (Å²) in [6, 6.07) is 0.565. The SMILES string of the molecule is CC(CN)[N+](C)(C)C. The van der Waals surface area contributed by atoms with Gasteiger partial charge in [0.25, 0.3) is 0 Å². The van der Waals surface area contributed by atoms with Crippen molar-refractivity contribution >= 4 is 0 Å². The monoisotopic (exact) mass is 117 g/mol. The lowest BCUT2D eigenvalue weighted by Crippen LogP contribution is -2.47. The van der Waals surface area contributed by atoms with E-state index in [0.29, 0.717) is 6.04 Å². The van der Waals surface area contributed by atoms with Crippen LogP contribution < -0.4 is 5.73 Å². The van der Waals surface area contributed by atoms with Gasteiger partial charge in [-0.25, -0.2) is 0 Å². The van der Waals surface area contributed by atoms with Crippen LogP contribution >= 0.6 is 0 Å². The highest BCUT2D eigenvalue weighted by Gasteiger charge is 2.14. The van der Waals surface area contributed by atoms with Crippen LogP contribution in [0.5, 0.6) is 0 Å². The molecular weight excluding hydrogens is 100 g/mol. The smallest absolute Gasteiger partial charge is 0.0979 e.